The lowest BCUT2D eigenvalue weighted by Crippen LogP contribution is -2.19. The molecule has 1 unspecified atom stereocenters. The molecular weight excluding hydrogens is 396 g/mol. The van der Waals surface area contributed by atoms with E-state index in [-0.39, 0.29) is 17.1 Å². The molecule has 3 rings (SSSR count). The molecule has 2 aromatic carbocycles. The van der Waals surface area contributed by atoms with E-state index < -0.39 is 0 Å². The second kappa shape index (κ2) is 10.3. The maximum atomic E-state index is 12.4. The van der Waals surface area contributed by atoms with Gasteiger partial charge in [0.05, 0.1) is 5.69 Å². The topological polar surface area (TPSA) is 42.4 Å². The van der Waals surface area contributed by atoms with Gasteiger partial charge in [0.25, 0.3) is 0 Å². The zero-order valence-electron chi connectivity index (χ0n) is 19.6. The van der Waals surface area contributed by atoms with Gasteiger partial charge in [-0.05, 0) is 40.8 Å². The third-order valence-electron chi connectivity index (χ3n) is 5.24. The fraction of sp³-hybridized carbons (Fsp3) is 0.286. The highest BCUT2D eigenvalue weighted by atomic mass is 16.5. The Balaban J connectivity index is 1.77. The van der Waals surface area contributed by atoms with Crippen LogP contribution in [0.3, 0.4) is 0 Å². The summed E-state index contributed by atoms with van der Waals surface area (Å²) in [7, 11) is 3.80. The minimum Gasteiger partial charge on any atom is -0.487 e. The maximum absolute atomic E-state index is 12.4. The standard InChI is InChI=1S/C28H32N2O2/c1-28(2,3)27(22-11-9-21(10-12-22)26(31)17-19-30(4)5)23-13-15-25(16-14-23)32-20-24-8-6-7-18-29-24/h6-19,27H,20H2,1-5H3. The van der Waals surface area contributed by atoms with Crippen LogP contribution in [0.5, 0.6) is 5.75 Å². The molecule has 166 valence electrons. The van der Waals surface area contributed by atoms with E-state index in [1.807, 2.05) is 61.5 Å². The number of pyridine rings is 1. The molecule has 32 heavy (non-hydrogen) atoms. The van der Waals surface area contributed by atoms with Crippen LogP contribution >= 0.6 is 0 Å². The molecule has 1 heterocycles. The molecule has 3 aromatic rings. The van der Waals surface area contributed by atoms with Crippen LogP contribution in [-0.2, 0) is 6.61 Å². The molecule has 1 aromatic heterocycles. The smallest absolute Gasteiger partial charge is 0.187 e. The lowest BCUT2D eigenvalue weighted by Gasteiger charge is -2.32. The maximum Gasteiger partial charge on any atom is 0.187 e. The molecule has 4 nitrogen and oxygen atoms in total. The van der Waals surface area contributed by atoms with Crippen LogP contribution in [0.25, 0.3) is 0 Å². The van der Waals surface area contributed by atoms with Crippen molar-refractivity contribution in [1.82, 2.24) is 9.88 Å². The van der Waals surface area contributed by atoms with E-state index in [9.17, 15) is 4.79 Å². The zero-order chi connectivity index (χ0) is 23.1. The molecule has 0 saturated heterocycles. The molecular formula is C28H32N2O2. The van der Waals surface area contributed by atoms with E-state index >= 15 is 0 Å². The van der Waals surface area contributed by atoms with E-state index in [0.717, 1.165) is 11.4 Å². The molecule has 0 amide bonds. The second-order valence-electron chi connectivity index (χ2n) is 9.24. The van der Waals surface area contributed by atoms with Crippen molar-refractivity contribution in [3.63, 3.8) is 0 Å². The number of rotatable bonds is 8. The summed E-state index contributed by atoms with van der Waals surface area (Å²) in [4.78, 5) is 18.5. The fourth-order valence-corrected chi connectivity index (χ4v) is 3.74. The van der Waals surface area contributed by atoms with E-state index in [1.165, 1.54) is 11.1 Å². The summed E-state index contributed by atoms with van der Waals surface area (Å²) in [5.74, 6) is 1.02. The fourth-order valence-electron chi connectivity index (χ4n) is 3.74. The third-order valence-corrected chi connectivity index (χ3v) is 5.24. The summed E-state index contributed by atoms with van der Waals surface area (Å²) in [6.07, 6.45) is 5.14. The van der Waals surface area contributed by atoms with Crippen molar-refractivity contribution >= 4 is 5.78 Å². The van der Waals surface area contributed by atoms with Crippen LogP contribution in [0.15, 0.2) is 85.2 Å². The lowest BCUT2D eigenvalue weighted by atomic mass is 9.72. The molecule has 1 atom stereocenters. The Kier molecular flexibility index (Phi) is 7.47. The Morgan fingerprint density at radius 1 is 0.969 bits per heavy atom. The SMILES string of the molecule is CN(C)C=CC(=O)c1ccc(C(c2ccc(OCc3ccccn3)cc2)C(C)(C)C)cc1. The Hall–Kier alpha value is -3.40. The normalized spacial score (nSPS) is 12.5. The van der Waals surface area contributed by atoms with Crippen molar-refractivity contribution in [3.05, 3.63) is 108 Å². The van der Waals surface area contributed by atoms with Crippen LogP contribution in [0.2, 0.25) is 0 Å². The van der Waals surface area contributed by atoms with Gasteiger partial charge in [-0.3, -0.25) is 9.78 Å². The van der Waals surface area contributed by atoms with E-state index in [2.05, 4.69) is 50.0 Å². The highest BCUT2D eigenvalue weighted by molar-refractivity contribution is 6.04. The quantitative estimate of drug-likeness (QED) is 0.321. The monoisotopic (exact) mass is 428 g/mol. The van der Waals surface area contributed by atoms with Crippen LogP contribution in [0.4, 0.5) is 0 Å². The molecule has 0 aliphatic heterocycles. The van der Waals surface area contributed by atoms with Gasteiger partial charge in [0.2, 0.25) is 0 Å². The first-order chi connectivity index (χ1) is 15.2. The van der Waals surface area contributed by atoms with E-state index in [1.54, 1.807) is 18.5 Å². The van der Waals surface area contributed by atoms with E-state index in [0.29, 0.717) is 12.2 Å². The number of hydrogen-bond acceptors (Lipinski definition) is 4. The van der Waals surface area contributed by atoms with Gasteiger partial charge in [0.15, 0.2) is 5.78 Å². The number of carbonyl (C=O) groups excluding carboxylic acids is 1. The number of benzene rings is 2. The number of nitrogens with zero attached hydrogens (tertiary/aromatic N) is 2. The van der Waals surface area contributed by atoms with Crippen molar-refractivity contribution in [3.8, 4) is 5.75 Å². The average Bonchev–Trinajstić information content (AvgIpc) is 2.77. The molecule has 0 N–H and O–H groups in total. The zero-order valence-corrected chi connectivity index (χ0v) is 19.6. The van der Waals surface area contributed by atoms with E-state index in [4.69, 9.17) is 4.74 Å². The van der Waals surface area contributed by atoms with Gasteiger partial charge in [0, 0.05) is 44.0 Å². The number of hydrogen-bond donors (Lipinski definition) is 0. The van der Waals surface area contributed by atoms with Gasteiger partial charge in [-0.25, -0.2) is 0 Å². The summed E-state index contributed by atoms with van der Waals surface area (Å²) >= 11 is 0. The predicted molar refractivity (Wildman–Crippen MR) is 130 cm³/mol. The first kappa shape index (κ1) is 23.3. The molecule has 0 aliphatic rings. The number of ether oxygens (including phenoxy) is 1. The van der Waals surface area contributed by atoms with Crippen LogP contribution in [0.1, 0.15) is 53.9 Å². The summed E-state index contributed by atoms with van der Waals surface area (Å²) in [5, 5.41) is 0. The molecule has 4 heteroatoms. The van der Waals surface area contributed by atoms with Gasteiger partial charge >= 0.3 is 0 Å². The molecule has 0 aliphatic carbocycles. The first-order valence-corrected chi connectivity index (χ1v) is 10.9. The number of allylic oxidation sites excluding steroid dienone is 1. The first-order valence-electron chi connectivity index (χ1n) is 10.9. The predicted octanol–water partition coefficient (Wildman–Crippen LogP) is 6.10. The molecule has 0 radical (unpaired) electrons. The summed E-state index contributed by atoms with van der Waals surface area (Å²) in [6, 6.07) is 22.1. The van der Waals surface area contributed by atoms with Gasteiger partial charge in [-0.2, -0.15) is 0 Å². The molecule has 0 fully saturated rings. The van der Waals surface area contributed by atoms with Crippen molar-refractivity contribution in [2.24, 2.45) is 5.41 Å². The van der Waals surface area contributed by atoms with Crippen LogP contribution < -0.4 is 4.74 Å². The van der Waals surface area contributed by atoms with Gasteiger partial charge in [0.1, 0.15) is 12.4 Å². The Bertz CT molecular complexity index is 1030. The van der Waals surface area contributed by atoms with Crippen molar-refractivity contribution < 1.29 is 9.53 Å². The molecule has 0 spiro atoms. The van der Waals surface area contributed by atoms with Crippen molar-refractivity contribution in [2.75, 3.05) is 14.1 Å². The van der Waals surface area contributed by atoms with Gasteiger partial charge in [-0.1, -0.05) is 63.2 Å². The largest absolute Gasteiger partial charge is 0.487 e. The van der Waals surface area contributed by atoms with Crippen LogP contribution in [0, 0.1) is 5.41 Å². The van der Waals surface area contributed by atoms with Crippen molar-refractivity contribution in [1.29, 1.82) is 0 Å². The highest BCUT2D eigenvalue weighted by Crippen LogP contribution is 2.41. The Morgan fingerprint density at radius 3 is 2.12 bits per heavy atom. The highest BCUT2D eigenvalue weighted by Gasteiger charge is 2.28. The lowest BCUT2D eigenvalue weighted by molar-refractivity contribution is 0.104. The van der Waals surface area contributed by atoms with Gasteiger partial charge < -0.3 is 9.64 Å². The number of ketones is 1. The minimum absolute atomic E-state index is 0.00645. The van der Waals surface area contributed by atoms with Crippen molar-refractivity contribution in [2.45, 2.75) is 33.3 Å². The summed E-state index contributed by atoms with van der Waals surface area (Å²) < 4.78 is 5.89. The molecule has 0 bridgehead atoms. The molecule has 0 saturated carbocycles. The second-order valence-corrected chi connectivity index (χ2v) is 9.24. The summed E-state index contributed by atoms with van der Waals surface area (Å²) in [5.41, 5.74) is 4.01. The number of aromatic nitrogens is 1. The van der Waals surface area contributed by atoms with Gasteiger partial charge in [-0.15, -0.1) is 0 Å². The average molecular weight is 429 g/mol. The third kappa shape index (κ3) is 6.30. The Morgan fingerprint density at radius 2 is 1.59 bits per heavy atom. The van der Waals surface area contributed by atoms with Crippen LogP contribution in [-0.4, -0.2) is 29.8 Å². The minimum atomic E-state index is 0.00645. The Labute approximate surface area is 191 Å². The number of carbonyl (C=O) groups is 1. The summed E-state index contributed by atoms with van der Waals surface area (Å²) in [6.45, 7) is 7.16.